The SMILES string of the molecule is COC(C)(C)CC(C)Nc1cccnc1Br. The topological polar surface area (TPSA) is 34.1 Å². The Kier molecular flexibility index (Phi) is 4.74. The Labute approximate surface area is 106 Å². The van der Waals surface area contributed by atoms with Gasteiger partial charge in [0.2, 0.25) is 0 Å². The highest BCUT2D eigenvalue weighted by atomic mass is 79.9. The van der Waals surface area contributed by atoms with Crippen molar-refractivity contribution in [2.45, 2.75) is 38.8 Å². The van der Waals surface area contributed by atoms with Gasteiger partial charge in [-0.05, 0) is 55.3 Å². The molecule has 0 aromatic carbocycles. The van der Waals surface area contributed by atoms with E-state index in [0.29, 0.717) is 6.04 Å². The van der Waals surface area contributed by atoms with E-state index in [2.05, 4.69) is 47.0 Å². The lowest BCUT2D eigenvalue weighted by atomic mass is 10.00. The quantitative estimate of drug-likeness (QED) is 0.842. The summed E-state index contributed by atoms with van der Waals surface area (Å²) in [6.45, 7) is 6.31. The van der Waals surface area contributed by atoms with Crippen LogP contribution in [0.3, 0.4) is 0 Å². The van der Waals surface area contributed by atoms with E-state index in [1.54, 1.807) is 13.3 Å². The molecule has 1 atom stereocenters. The molecule has 0 bridgehead atoms. The zero-order valence-corrected chi connectivity index (χ0v) is 11.8. The third kappa shape index (κ3) is 4.10. The van der Waals surface area contributed by atoms with Gasteiger partial charge in [-0.1, -0.05) is 0 Å². The highest BCUT2D eigenvalue weighted by Gasteiger charge is 2.20. The highest BCUT2D eigenvalue weighted by Crippen LogP contribution is 2.22. The van der Waals surface area contributed by atoms with Crippen molar-refractivity contribution < 1.29 is 4.74 Å². The molecule has 0 saturated carbocycles. The largest absolute Gasteiger partial charge is 0.380 e. The van der Waals surface area contributed by atoms with Gasteiger partial charge in [-0.3, -0.25) is 0 Å². The zero-order valence-electron chi connectivity index (χ0n) is 10.2. The number of rotatable bonds is 5. The Hall–Kier alpha value is -0.610. The first-order chi connectivity index (χ1) is 7.44. The van der Waals surface area contributed by atoms with Gasteiger partial charge in [0.1, 0.15) is 4.60 Å². The molecular weight excluding hydrogens is 268 g/mol. The van der Waals surface area contributed by atoms with Crippen molar-refractivity contribution in [2.75, 3.05) is 12.4 Å². The predicted molar refractivity (Wildman–Crippen MR) is 70.7 cm³/mol. The van der Waals surface area contributed by atoms with Gasteiger partial charge in [0.05, 0.1) is 11.3 Å². The van der Waals surface area contributed by atoms with Crippen LogP contribution in [0.5, 0.6) is 0 Å². The number of ether oxygens (including phenoxy) is 1. The second-order valence-electron chi connectivity index (χ2n) is 4.56. The van der Waals surface area contributed by atoms with Crippen LogP contribution in [0.4, 0.5) is 5.69 Å². The lowest BCUT2D eigenvalue weighted by molar-refractivity contribution is 0.0128. The van der Waals surface area contributed by atoms with Crippen LogP contribution in [-0.4, -0.2) is 23.7 Å². The molecule has 0 aliphatic rings. The summed E-state index contributed by atoms with van der Waals surface area (Å²) in [5.41, 5.74) is 0.906. The summed E-state index contributed by atoms with van der Waals surface area (Å²) in [6.07, 6.45) is 2.70. The normalized spacial score (nSPS) is 13.6. The van der Waals surface area contributed by atoms with Crippen LogP contribution in [0.1, 0.15) is 27.2 Å². The maximum Gasteiger partial charge on any atom is 0.129 e. The molecule has 0 radical (unpaired) electrons. The fourth-order valence-corrected chi connectivity index (χ4v) is 2.00. The molecule has 0 aliphatic heterocycles. The molecule has 1 aromatic rings. The van der Waals surface area contributed by atoms with Crippen molar-refractivity contribution >= 4 is 21.6 Å². The van der Waals surface area contributed by atoms with E-state index in [1.807, 2.05) is 12.1 Å². The maximum atomic E-state index is 5.41. The number of methoxy groups -OCH3 is 1. The van der Waals surface area contributed by atoms with Crippen LogP contribution in [0.25, 0.3) is 0 Å². The average Bonchev–Trinajstić information content (AvgIpc) is 2.21. The van der Waals surface area contributed by atoms with Gasteiger partial charge in [-0.15, -0.1) is 0 Å². The molecule has 3 nitrogen and oxygen atoms in total. The number of nitrogens with one attached hydrogen (secondary N) is 1. The van der Waals surface area contributed by atoms with Crippen LogP contribution in [0.15, 0.2) is 22.9 Å². The number of hydrogen-bond acceptors (Lipinski definition) is 3. The fraction of sp³-hybridized carbons (Fsp3) is 0.583. The van der Waals surface area contributed by atoms with Crippen molar-refractivity contribution in [3.05, 3.63) is 22.9 Å². The standard InChI is InChI=1S/C12H19BrN2O/c1-9(8-12(2,3)16-4)15-10-6-5-7-14-11(10)13/h5-7,9,15H,8H2,1-4H3. The molecule has 1 rings (SSSR count). The van der Waals surface area contributed by atoms with Gasteiger partial charge in [0, 0.05) is 19.3 Å². The molecular formula is C12H19BrN2O. The molecule has 90 valence electrons. The van der Waals surface area contributed by atoms with Gasteiger partial charge in [-0.2, -0.15) is 0 Å². The Morgan fingerprint density at radius 2 is 2.25 bits per heavy atom. The van der Waals surface area contributed by atoms with Gasteiger partial charge < -0.3 is 10.1 Å². The summed E-state index contributed by atoms with van der Waals surface area (Å²) in [6, 6.07) is 4.25. The average molecular weight is 287 g/mol. The Balaban J connectivity index is 2.58. The first kappa shape index (κ1) is 13.5. The summed E-state index contributed by atoms with van der Waals surface area (Å²) in [5.74, 6) is 0. The van der Waals surface area contributed by atoms with Crippen LogP contribution >= 0.6 is 15.9 Å². The second kappa shape index (κ2) is 5.64. The molecule has 1 N–H and O–H groups in total. The van der Waals surface area contributed by atoms with Crippen LogP contribution in [0.2, 0.25) is 0 Å². The van der Waals surface area contributed by atoms with E-state index in [-0.39, 0.29) is 5.60 Å². The van der Waals surface area contributed by atoms with Crippen LogP contribution < -0.4 is 5.32 Å². The van der Waals surface area contributed by atoms with Gasteiger partial charge in [0.15, 0.2) is 0 Å². The molecule has 4 heteroatoms. The summed E-state index contributed by atoms with van der Waals surface area (Å²) >= 11 is 3.42. The van der Waals surface area contributed by atoms with Crippen molar-refractivity contribution in [2.24, 2.45) is 0 Å². The Morgan fingerprint density at radius 3 is 2.81 bits per heavy atom. The van der Waals surface area contributed by atoms with Crippen molar-refractivity contribution in [1.29, 1.82) is 0 Å². The lowest BCUT2D eigenvalue weighted by Crippen LogP contribution is -2.31. The number of pyridine rings is 1. The van der Waals surface area contributed by atoms with Gasteiger partial charge >= 0.3 is 0 Å². The van der Waals surface area contributed by atoms with E-state index in [9.17, 15) is 0 Å². The summed E-state index contributed by atoms with van der Waals surface area (Å²) in [7, 11) is 1.74. The first-order valence-electron chi connectivity index (χ1n) is 5.37. The summed E-state index contributed by atoms with van der Waals surface area (Å²) < 4.78 is 6.25. The third-order valence-electron chi connectivity index (χ3n) is 2.51. The minimum atomic E-state index is -0.110. The van der Waals surface area contributed by atoms with Crippen molar-refractivity contribution in [1.82, 2.24) is 4.98 Å². The Bertz CT molecular complexity index is 342. The monoisotopic (exact) mass is 286 g/mol. The number of aromatic nitrogens is 1. The minimum absolute atomic E-state index is 0.110. The minimum Gasteiger partial charge on any atom is -0.380 e. The molecule has 1 aromatic heterocycles. The van der Waals surface area contributed by atoms with E-state index >= 15 is 0 Å². The maximum absolute atomic E-state index is 5.41. The molecule has 0 spiro atoms. The van der Waals surface area contributed by atoms with E-state index in [4.69, 9.17) is 4.74 Å². The lowest BCUT2D eigenvalue weighted by Gasteiger charge is -2.27. The number of hydrogen-bond donors (Lipinski definition) is 1. The number of nitrogens with zero attached hydrogens (tertiary/aromatic N) is 1. The molecule has 0 amide bonds. The Morgan fingerprint density at radius 1 is 1.56 bits per heavy atom. The van der Waals surface area contributed by atoms with E-state index in [0.717, 1.165) is 16.7 Å². The smallest absolute Gasteiger partial charge is 0.129 e. The van der Waals surface area contributed by atoms with Crippen LogP contribution in [0, 0.1) is 0 Å². The van der Waals surface area contributed by atoms with E-state index < -0.39 is 0 Å². The summed E-state index contributed by atoms with van der Waals surface area (Å²) in [5, 5.41) is 3.41. The van der Waals surface area contributed by atoms with Crippen molar-refractivity contribution in [3.8, 4) is 0 Å². The van der Waals surface area contributed by atoms with Gasteiger partial charge in [0.25, 0.3) is 0 Å². The van der Waals surface area contributed by atoms with E-state index in [1.165, 1.54) is 0 Å². The first-order valence-corrected chi connectivity index (χ1v) is 6.16. The highest BCUT2D eigenvalue weighted by molar-refractivity contribution is 9.10. The number of halogens is 1. The molecule has 1 unspecified atom stereocenters. The fourth-order valence-electron chi connectivity index (χ4n) is 1.63. The second-order valence-corrected chi connectivity index (χ2v) is 5.31. The molecule has 0 saturated heterocycles. The molecule has 1 heterocycles. The van der Waals surface area contributed by atoms with Crippen molar-refractivity contribution in [3.63, 3.8) is 0 Å². The predicted octanol–water partition coefficient (Wildman–Crippen LogP) is 3.46. The zero-order chi connectivity index (χ0) is 12.2. The van der Waals surface area contributed by atoms with Crippen LogP contribution in [-0.2, 0) is 4.74 Å². The molecule has 16 heavy (non-hydrogen) atoms. The van der Waals surface area contributed by atoms with Gasteiger partial charge in [-0.25, -0.2) is 4.98 Å². The molecule has 0 aliphatic carbocycles. The third-order valence-corrected chi connectivity index (χ3v) is 3.14. The number of anilines is 1. The summed E-state index contributed by atoms with van der Waals surface area (Å²) in [4.78, 5) is 4.17. The molecule has 0 fully saturated rings.